The zero-order valence-corrected chi connectivity index (χ0v) is 15.5. The predicted molar refractivity (Wildman–Crippen MR) is 103 cm³/mol. The predicted octanol–water partition coefficient (Wildman–Crippen LogP) is 1.18. The maximum Gasteiger partial charge on any atom is 0.251 e. The topological polar surface area (TPSA) is 81.6 Å². The molecule has 7 nitrogen and oxygen atoms in total. The van der Waals surface area contributed by atoms with Gasteiger partial charge in [-0.2, -0.15) is 0 Å². The molecular weight excluding hydrogens is 358 g/mol. The van der Waals surface area contributed by atoms with Gasteiger partial charge in [0.25, 0.3) is 5.56 Å². The largest absolute Gasteiger partial charge is 0.454 e. The highest BCUT2D eigenvalue weighted by molar-refractivity contribution is 5.78. The van der Waals surface area contributed by atoms with E-state index < -0.39 is 0 Å². The number of hydrogen-bond donors (Lipinski definition) is 2. The highest BCUT2D eigenvalue weighted by Gasteiger charge is 2.37. The molecule has 28 heavy (non-hydrogen) atoms. The molecule has 1 aromatic heterocycles. The summed E-state index contributed by atoms with van der Waals surface area (Å²) in [6.07, 6.45) is 1.32. The summed E-state index contributed by atoms with van der Waals surface area (Å²) in [6, 6.07) is 11.0. The first-order valence-electron chi connectivity index (χ1n) is 9.76. The molecule has 2 bridgehead atoms. The summed E-state index contributed by atoms with van der Waals surface area (Å²) >= 11 is 0. The Hall–Kier alpha value is -2.80. The van der Waals surface area contributed by atoms with Gasteiger partial charge in [-0.25, -0.2) is 0 Å². The number of ether oxygens (including phenoxy) is 2. The Bertz CT molecular complexity index is 970. The average Bonchev–Trinajstić information content (AvgIpc) is 3.16. The van der Waals surface area contributed by atoms with Crippen LogP contribution in [0.25, 0.3) is 0 Å². The molecule has 1 saturated heterocycles. The monoisotopic (exact) mass is 381 g/mol. The minimum atomic E-state index is -0.0599. The van der Waals surface area contributed by atoms with E-state index in [1.54, 1.807) is 6.07 Å². The van der Waals surface area contributed by atoms with Gasteiger partial charge < -0.3 is 24.7 Å². The molecule has 3 aliphatic rings. The number of nitrogens with zero attached hydrogens (tertiary/aromatic N) is 1. The van der Waals surface area contributed by atoms with Crippen molar-refractivity contribution in [1.29, 1.82) is 0 Å². The summed E-state index contributed by atoms with van der Waals surface area (Å²) in [5.41, 5.74) is 1.97. The van der Waals surface area contributed by atoms with Crippen LogP contribution in [0.1, 0.15) is 29.6 Å². The lowest BCUT2D eigenvalue weighted by molar-refractivity contribution is -0.120. The number of carbonyl (C=O) groups excluding carboxylic acids is 1. The van der Waals surface area contributed by atoms with Crippen LogP contribution in [0.4, 0.5) is 0 Å². The third kappa shape index (κ3) is 3.05. The lowest BCUT2D eigenvalue weighted by atomic mass is 9.79. The first-order chi connectivity index (χ1) is 13.7. The van der Waals surface area contributed by atoms with Crippen molar-refractivity contribution >= 4 is 5.91 Å². The highest BCUT2D eigenvalue weighted by atomic mass is 16.7. The van der Waals surface area contributed by atoms with Gasteiger partial charge in [-0.1, -0.05) is 12.1 Å². The summed E-state index contributed by atoms with van der Waals surface area (Å²) < 4.78 is 12.6. The number of aromatic nitrogens is 1. The van der Waals surface area contributed by atoms with Crippen LogP contribution in [0, 0.1) is 5.92 Å². The Morgan fingerprint density at radius 1 is 1.18 bits per heavy atom. The molecular formula is C21H23N3O4. The molecule has 4 heterocycles. The maximum atomic E-state index is 12.6. The quantitative estimate of drug-likeness (QED) is 0.831. The number of fused-ring (bicyclic) bond motifs is 5. The molecule has 5 rings (SSSR count). The summed E-state index contributed by atoms with van der Waals surface area (Å²) in [4.78, 5) is 25.1. The number of nitrogens with one attached hydrogen (secondary N) is 2. The molecule has 1 amide bonds. The summed E-state index contributed by atoms with van der Waals surface area (Å²) in [5.74, 6) is 2.04. The summed E-state index contributed by atoms with van der Waals surface area (Å²) in [5, 5.41) is 6.52. The molecule has 0 aliphatic carbocycles. The number of piperidine rings is 1. The second-order valence-electron chi connectivity index (χ2n) is 7.75. The van der Waals surface area contributed by atoms with Gasteiger partial charge in [-0.3, -0.25) is 9.59 Å². The Labute approximate surface area is 162 Å². The van der Waals surface area contributed by atoms with Crippen molar-refractivity contribution in [3.63, 3.8) is 0 Å². The van der Waals surface area contributed by atoms with Crippen LogP contribution in [0.3, 0.4) is 0 Å². The highest BCUT2D eigenvalue weighted by Crippen LogP contribution is 2.38. The average molecular weight is 381 g/mol. The SMILES string of the molecule is O=C(Cc1ccc2c(c1)OCO2)NC[C@H]1[C@@H]2CNC[C@@H](C2)c2cccc(=O)n21. The van der Waals surface area contributed by atoms with E-state index in [1.165, 1.54) is 0 Å². The molecule has 2 aromatic rings. The second kappa shape index (κ2) is 6.98. The first kappa shape index (κ1) is 17.3. The van der Waals surface area contributed by atoms with Gasteiger partial charge in [0.2, 0.25) is 12.7 Å². The number of rotatable bonds is 4. The third-order valence-corrected chi connectivity index (χ3v) is 6.01. The number of carbonyl (C=O) groups is 1. The fraction of sp³-hybridized carbons (Fsp3) is 0.429. The molecule has 0 unspecified atom stereocenters. The van der Waals surface area contributed by atoms with E-state index in [1.807, 2.05) is 34.9 Å². The fourth-order valence-electron chi connectivity index (χ4n) is 4.68. The Kier molecular flexibility index (Phi) is 4.31. The van der Waals surface area contributed by atoms with Crippen molar-refractivity contribution in [2.75, 3.05) is 26.4 Å². The van der Waals surface area contributed by atoms with Crippen molar-refractivity contribution in [3.8, 4) is 11.5 Å². The maximum absolute atomic E-state index is 12.6. The van der Waals surface area contributed by atoms with Gasteiger partial charge in [0, 0.05) is 37.3 Å². The molecule has 1 aromatic carbocycles. The Balaban J connectivity index is 1.30. The van der Waals surface area contributed by atoms with Crippen LogP contribution in [-0.2, 0) is 11.2 Å². The smallest absolute Gasteiger partial charge is 0.251 e. The molecule has 3 atom stereocenters. The molecule has 3 aliphatic heterocycles. The molecule has 0 spiro atoms. The fourth-order valence-corrected chi connectivity index (χ4v) is 4.68. The van der Waals surface area contributed by atoms with E-state index in [0.717, 1.165) is 30.8 Å². The van der Waals surface area contributed by atoms with E-state index >= 15 is 0 Å². The van der Waals surface area contributed by atoms with Crippen LogP contribution in [-0.4, -0.2) is 36.9 Å². The van der Waals surface area contributed by atoms with Gasteiger partial charge in [0.15, 0.2) is 11.5 Å². The van der Waals surface area contributed by atoms with Gasteiger partial charge in [0.05, 0.1) is 12.5 Å². The van der Waals surface area contributed by atoms with Gasteiger partial charge >= 0.3 is 0 Å². The van der Waals surface area contributed by atoms with Crippen molar-refractivity contribution in [1.82, 2.24) is 15.2 Å². The van der Waals surface area contributed by atoms with Crippen molar-refractivity contribution < 1.29 is 14.3 Å². The van der Waals surface area contributed by atoms with Crippen LogP contribution in [0.5, 0.6) is 11.5 Å². The second-order valence-corrected chi connectivity index (χ2v) is 7.75. The standard InChI is InChI=1S/C21H23N3O4/c25-20(7-13-4-5-18-19(6-13)28-12-27-18)23-11-17-15-8-14(9-22-10-15)16-2-1-3-21(26)24(16)17/h1-6,14-15,17,22H,7-12H2,(H,23,25)/t14-,15+,17+/m1/s1. The van der Waals surface area contributed by atoms with Gasteiger partial charge in [-0.05, 0) is 36.1 Å². The molecule has 0 saturated carbocycles. The first-order valence-corrected chi connectivity index (χ1v) is 9.76. The van der Waals surface area contributed by atoms with E-state index in [4.69, 9.17) is 9.47 Å². The zero-order chi connectivity index (χ0) is 19.1. The van der Waals surface area contributed by atoms with Gasteiger partial charge in [0.1, 0.15) is 0 Å². The summed E-state index contributed by atoms with van der Waals surface area (Å²) in [7, 11) is 0. The van der Waals surface area contributed by atoms with Crippen molar-refractivity contribution in [2.24, 2.45) is 5.92 Å². The summed E-state index contributed by atoms with van der Waals surface area (Å²) in [6.45, 7) is 2.46. The van der Waals surface area contributed by atoms with Crippen LogP contribution < -0.4 is 25.7 Å². The molecule has 146 valence electrons. The normalized spacial score (nSPS) is 24.5. The number of benzene rings is 1. The Morgan fingerprint density at radius 2 is 2.07 bits per heavy atom. The molecule has 0 radical (unpaired) electrons. The minimum absolute atomic E-state index is 0.0177. The lowest BCUT2D eigenvalue weighted by Gasteiger charge is -2.43. The molecule has 2 N–H and O–H groups in total. The molecule has 1 fully saturated rings. The van der Waals surface area contributed by atoms with Crippen molar-refractivity contribution in [2.45, 2.75) is 24.8 Å². The number of amides is 1. The van der Waals surface area contributed by atoms with E-state index in [0.29, 0.717) is 29.9 Å². The van der Waals surface area contributed by atoms with E-state index in [-0.39, 0.29) is 30.7 Å². The van der Waals surface area contributed by atoms with E-state index in [9.17, 15) is 9.59 Å². The number of pyridine rings is 1. The van der Waals surface area contributed by atoms with Gasteiger partial charge in [-0.15, -0.1) is 0 Å². The van der Waals surface area contributed by atoms with Crippen LogP contribution >= 0.6 is 0 Å². The zero-order valence-electron chi connectivity index (χ0n) is 15.5. The van der Waals surface area contributed by atoms with Crippen molar-refractivity contribution in [3.05, 3.63) is 58.0 Å². The third-order valence-electron chi connectivity index (χ3n) is 6.01. The lowest BCUT2D eigenvalue weighted by Crippen LogP contribution is -2.50. The minimum Gasteiger partial charge on any atom is -0.454 e. The van der Waals surface area contributed by atoms with Crippen LogP contribution in [0.2, 0.25) is 0 Å². The van der Waals surface area contributed by atoms with Crippen LogP contribution in [0.15, 0.2) is 41.2 Å². The number of hydrogen-bond acceptors (Lipinski definition) is 5. The Morgan fingerprint density at radius 3 is 3.00 bits per heavy atom. The van der Waals surface area contributed by atoms with E-state index in [2.05, 4.69) is 10.6 Å². The molecule has 7 heteroatoms.